The number of methoxy groups -OCH3 is 1. The maximum atomic E-state index is 11.7. The molecule has 0 spiro atoms. The third kappa shape index (κ3) is 7.60. The molecular formula is C13H23NO6. The molecule has 7 heteroatoms. The highest BCUT2D eigenvalue weighted by Gasteiger charge is 2.26. The zero-order chi connectivity index (χ0) is 15.5. The fourth-order valence-corrected chi connectivity index (χ4v) is 1.32. The Kier molecular flexibility index (Phi) is 9.15. The molecule has 0 unspecified atom stereocenters. The molecule has 0 saturated heterocycles. The molecule has 0 saturated carbocycles. The number of carbonyl (C=O) groups excluding carboxylic acids is 3. The van der Waals surface area contributed by atoms with Gasteiger partial charge in [-0.2, -0.15) is 0 Å². The second kappa shape index (κ2) is 10.1. The summed E-state index contributed by atoms with van der Waals surface area (Å²) in [6.45, 7) is 5.00. The summed E-state index contributed by atoms with van der Waals surface area (Å²) in [6.07, 6.45) is 1.18. The van der Waals surface area contributed by atoms with Crippen molar-refractivity contribution in [3.05, 3.63) is 0 Å². The molecule has 1 N–H and O–H groups in total. The van der Waals surface area contributed by atoms with Gasteiger partial charge in [0, 0.05) is 6.42 Å². The first-order valence-electron chi connectivity index (χ1n) is 6.59. The number of ether oxygens (including phenoxy) is 3. The van der Waals surface area contributed by atoms with Gasteiger partial charge in [0.25, 0.3) is 0 Å². The molecule has 116 valence electrons. The van der Waals surface area contributed by atoms with Gasteiger partial charge in [0.2, 0.25) is 6.79 Å². The van der Waals surface area contributed by atoms with Crippen molar-refractivity contribution in [1.29, 1.82) is 0 Å². The summed E-state index contributed by atoms with van der Waals surface area (Å²) < 4.78 is 14.0. The first kappa shape index (κ1) is 18.2. The van der Waals surface area contributed by atoms with Crippen molar-refractivity contribution in [1.82, 2.24) is 5.32 Å². The number of alkyl carbamates (subject to hydrolysis) is 1. The Morgan fingerprint density at radius 1 is 1.15 bits per heavy atom. The van der Waals surface area contributed by atoms with Crippen LogP contribution >= 0.6 is 0 Å². The van der Waals surface area contributed by atoms with Crippen LogP contribution in [0.3, 0.4) is 0 Å². The molecule has 0 aliphatic rings. The van der Waals surface area contributed by atoms with Gasteiger partial charge in [-0.25, -0.2) is 9.59 Å². The quantitative estimate of drug-likeness (QED) is 0.539. The summed E-state index contributed by atoms with van der Waals surface area (Å²) in [5, 5.41) is 2.36. The predicted molar refractivity (Wildman–Crippen MR) is 70.7 cm³/mol. The molecule has 0 aromatic rings. The number of unbranched alkanes of at least 4 members (excludes halogenated alkanes) is 1. The normalized spacial score (nSPS) is 11.7. The van der Waals surface area contributed by atoms with Crippen LogP contribution in [0.5, 0.6) is 0 Å². The molecule has 0 radical (unpaired) electrons. The summed E-state index contributed by atoms with van der Waals surface area (Å²) in [7, 11) is 1.20. The van der Waals surface area contributed by atoms with Crippen molar-refractivity contribution in [2.45, 2.75) is 46.1 Å². The molecule has 0 aliphatic carbocycles. The van der Waals surface area contributed by atoms with Crippen molar-refractivity contribution < 1.29 is 28.6 Å². The van der Waals surface area contributed by atoms with E-state index in [4.69, 9.17) is 9.47 Å². The van der Waals surface area contributed by atoms with Crippen LogP contribution in [0.15, 0.2) is 0 Å². The van der Waals surface area contributed by atoms with E-state index >= 15 is 0 Å². The fraction of sp³-hybridized carbons (Fsp3) is 0.769. The third-order valence-corrected chi connectivity index (χ3v) is 2.53. The highest BCUT2D eigenvalue weighted by molar-refractivity contribution is 5.81. The van der Waals surface area contributed by atoms with Crippen molar-refractivity contribution in [3.63, 3.8) is 0 Å². The first-order valence-corrected chi connectivity index (χ1v) is 6.59. The first-order chi connectivity index (χ1) is 9.42. The Morgan fingerprint density at radius 3 is 2.30 bits per heavy atom. The Hall–Kier alpha value is -1.79. The monoisotopic (exact) mass is 289 g/mol. The van der Waals surface area contributed by atoms with E-state index in [1.54, 1.807) is 13.8 Å². The topological polar surface area (TPSA) is 90.9 Å². The van der Waals surface area contributed by atoms with Gasteiger partial charge in [-0.05, 0) is 12.3 Å². The zero-order valence-corrected chi connectivity index (χ0v) is 12.4. The molecule has 0 aliphatic heterocycles. The van der Waals surface area contributed by atoms with Crippen LogP contribution in [0, 0.1) is 5.92 Å². The average molecular weight is 289 g/mol. The standard InChI is InChI=1S/C13H23NO6/c1-5-6-7-10(15)19-8-20-12(16)11(9(2)3)14-13(17)18-4/h9,11H,5-8H2,1-4H3,(H,14,17)/t11-/m0/s1. The Labute approximate surface area is 118 Å². The Balaban J connectivity index is 4.14. The Morgan fingerprint density at radius 2 is 1.80 bits per heavy atom. The number of esters is 2. The molecule has 0 rings (SSSR count). The van der Waals surface area contributed by atoms with Gasteiger partial charge >= 0.3 is 18.0 Å². The van der Waals surface area contributed by atoms with Crippen LogP contribution in [0.4, 0.5) is 4.79 Å². The van der Waals surface area contributed by atoms with E-state index in [0.717, 1.165) is 12.8 Å². The number of amides is 1. The third-order valence-electron chi connectivity index (χ3n) is 2.53. The number of hydrogen-bond acceptors (Lipinski definition) is 6. The second-order valence-electron chi connectivity index (χ2n) is 4.56. The molecular weight excluding hydrogens is 266 g/mol. The van der Waals surface area contributed by atoms with Gasteiger partial charge < -0.3 is 19.5 Å². The summed E-state index contributed by atoms with van der Waals surface area (Å²) in [5.74, 6) is -1.27. The average Bonchev–Trinajstić information content (AvgIpc) is 2.41. The summed E-state index contributed by atoms with van der Waals surface area (Å²) in [4.78, 5) is 34.1. The van der Waals surface area contributed by atoms with Crippen LogP contribution < -0.4 is 5.32 Å². The summed E-state index contributed by atoms with van der Waals surface area (Å²) >= 11 is 0. The Bertz CT molecular complexity index is 329. The van der Waals surface area contributed by atoms with Crippen LogP contribution in [0.25, 0.3) is 0 Å². The van der Waals surface area contributed by atoms with Crippen LogP contribution in [-0.2, 0) is 23.8 Å². The van der Waals surface area contributed by atoms with Gasteiger partial charge in [0.1, 0.15) is 6.04 Å². The molecule has 0 bridgehead atoms. The predicted octanol–water partition coefficient (Wildman–Crippen LogP) is 1.60. The highest BCUT2D eigenvalue weighted by atomic mass is 16.7. The van der Waals surface area contributed by atoms with E-state index in [0.29, 0.717) is 6.42 Å². The largest absolute Gasteiger partial charge is 0.453 e. The van der Waals surface area contributed by atoms with Gasteiger partial charge in [-0.15, -0.1) is 0 Å². The van der Waals surface area contributed by atoms with Crippen molar-refractivity contribution in [3.8, 4) is 0 Å². The molecule has 20 heavy (non-hydrogen) atoms. The van der Waals surface area contributed by atoms with Crippen LogP contribution in [0.2, 0.25) is 0 Å². The van der Waals surface area contributed by atoms with E-state index in [2.05, 4.69) is 10.1 Å². The van der Waals surface area contributed by atoms with Gasteiger partial charge in [0.15, 0.2) is 0 Å². The maximum absolute atomic E-state index is 11.7. The SMILES string of the molecule is CCCCC(=O)OCOC(=O)[C@@H](NC(=O)OC)C(C)C. The lowest BCUT2D eigenvalue weighted by Gasteiger charge is -2.19. The number of hydrogen-bond donors (Lipinski definition) is 1. The minimum Gasteiger partial charge on any atom is -0.453 e. The van der Waals surface area contributed by atoms with Crippen LogP contribution in [0.1, 0.15) is 40.0 Å². The molecule has 0 aromatic carbocycles. The van der Waals surface area contributed by atoms with Crippen molar-refractivity contribution in [2.75, 3.05) is 13.9 Å². The lowest BCUT2D eigenvalue weighted by Crippen LogP contribution is -2.45. The van der Waals surface area contributed by atoms with E-state index in [1.807, 2.05) is 6.92 Å². The van der Waals surface area contributed by atoms with E-state index in [9.17, 15) is 14.4 Å². The van der Waals surface area contributed by atoms with Gasteiger partial charge in [-0.1, -0.05) is 27.2 Å². The minimum atomic E-state index is -0.850. The molecule has 0 heterocycles. The van der Waals surface area contributed by atoms with Crippen LogP contribution in [-0.4, -0.2) is 38.0 Å². The second-order valence-corrected chi connectivity index (χ2v) is 4.56. The van der Waals surface area contributed by atoms with Crippen molar-refractivity contribution >= 4 is 18.0 Å². The minimum absolute atomic E-state index is 0.183. The van der Waals surface area contributed by atoms with Gasteiger partial charge in [0.05, 0.1) is 7.11 Å². The zero-order valence-electron chi connectivity index (χ0n) is 12.4. The smallest absolute Gasteiger partial charge is 0.407 e. The molecule has 1 amide bonds. The number of rotatable bonds is 8. The number of carbonyl (C=O) groups is 3. The molecule has 7 nitrogen and oxygen atoms in total. The van der Waals surface area contributed by atoms with E-state index in [1.165, 1.54) is 7.11 Å². The lowest BCUT2D eigenvalue weighted by molar-refractivity contribution is -0.169. The summed E-state index contributed by atoms with van der Waals surface area (Å²) in [5.41, 5.74) is 0. The maximum Gasteiger partial charge on any atom is 0.407 e. The van der Waals surface area contributed by atoms with E-state index < -0.39 is 30.9 Å². The molecule has 0 aromatic heterocycles. The van der Waals surface area contributed by atoms with E-state index in [-0.39, 0.29) is 5.92 Å². The fourth-order valence-electron chi connectivity index (χ4n) is 1.32. The van der Waals surface area contributed by atoms with Crippen molar-refractivity contribution in [2.24, 2.45) is 5.92 Å². The van der Waals surface area contributed by atoms with Gasteiger partial charge in [-0.3, -0.25) is 4.79 Å². The molecule has 0 fully saturated rings. The summed E-state index contributed by atoms with van der Waals surface area (Å²) in [6, 6.07) is -0.850. The molecule has 1 atom stereocenters. The lowest BCUT2D eigenvalue weighted by atomic mass is 10.1. The highest BCUT2D eigenvalue weighted by Crippen LogP contribution is 2.05. The number of nitrogens with one attached hydrogen (secondary N) is 1.